The van der Waals surface area contributed by atoms with Crippen LogP contribution in [-0.4, -0.2) is 3.42 Å². The van der Waals surface area contributed by atoms with Crippen LogP contribution >= 0.6 is 45.2 Å². The highest BCUT2D eigenvalue weighted by atomic mass is 127. The third-order valence-electron chi connectivity index (χ3n) is 7.44. The molecule has 28 heavy (non-hydrogen) atoms. The smallest absolute Gasteiger partial charge is 0.0442 e. The predicted molar refractivity (Wildman–Crippen MR) is 139 cm³/mol. The molecule has 2 heteroatoms. The molecule has 1 aromatic rings. The van der Waals surface area contributed by atoms with E-state index in [-0.39, 0.29) is 5.41 Å². The molecule has 148 valence electrons. The average Bonchev–Trinajstić information content (AvgIpc) is 2.91. The second-order valence-corrected chi connectivity index (χ2v) is 12.6. The van der Waals surface area contributed by atoms with Crippen molar-refractivity contribution in [1.29, 1.82) is 0 Å². The monoisotopic (exact) mass is 596 g/mol. The minimum absolute atomic E-state index is 0.286. The van der Waals surface area contributed by atoms with Crippen molar-refractivity contribution >= 4 is 56.8 Å². The Kier molecular flexibility index (Phi) is 6.01. The topological polar surface area (TPSA) is 0 Å². The molecule has 0 heterocycles. The van der Waals surface area contributed by atoms with Crippen molar-refractivity contribution in [3.8, 4) is 0 Å². The lowest BCUT2D eigenvalue weighted by Gasteiger charge is -2.45. The van der Waals surface area contributed by atoms with Crippen LogP contribution in [0, 0.1) is 17.3 Å². The van der Waals surface area contributed by atoms with Crippen molar-refractivity contribution < 1.29 is 0 Å². The van der Waals surface area contributed by atoms with Gasteiger partial charge in [-0.2, -0.15) is 0 Å². The van der Waals surface area contributed by atoms with Crippen molar-refractivity contribution in [1.82, 2.24) is 0 Å². The van der Waals surface area contributed by atoms with Gasteiger partial charge in [0.25, 0.3) is 0 Å². The number of hydrogen-bond donors (Lipinski definition) is 0. The van der Waals surface area contributed by atoms with Gasteiger partial charge < -0.3 is 0 Å². The third-order valence-corrected chi connectivity index (χ3v) is 9.74. The van der Waals surface area contributed by atoms with Crippen LogP contribution in [0.3, 0.4) is 0 Å². The van der Waals surface area contributed by atoms with Gasteiger partial charge in [0.2, 0.25) is 0 Å². The van der Waals surface area contributed by atoms with E-state index in [0.717, 1.165) is 11.8 Å². The van der Waals surface area contributed by atoms with Gasteiger partial charge in [-0.1, -0.05) is 85.0 Å². The van der Waals surface area contributed by atoms with Gasteiger partial charge in [-0.15, -0.1) is 0 Å². The highest BCUT2D eigenvalue weighted by Gasteiger charge is 2.52. The van der Waals surface area contributed by atoms with Crippen LogP contribution in [0.5, 0.6) is 0 Å². The highest BCUT2D eigenvalue weighted by Crippen LogP contribution is 2.61. The van der Waals surface area contributed by atoms with Gasteiger partial charge >= 0.3 is 0 Å². The molecule has 0 spiro atoms. The maximum atomic E-state index is 3.86. The molecule has 3 aliphatic rings. The van der Waals surface area contributed by atoms with Gasteiger partial charge in [0, 0.05) is 7.00 Å². The third kappa shape index (κ3) is 3.73. The second kappa shape index (κ2) is 8.05. The zero-order valence-electron chi connectivity index (χ0n) is 17.0. The molecule has 0 bridgehead atoms. The van der Waals surface area contributed by atoms with Gasteiger partial charge in [-0.3, -0.25) is 0 Å². The standard InChI is InChI=1S/C26H30I2/c1-4-8-21(27)16-20-15-19-13-14-26(28,17-24(19)25(20,2)3)23-12-7-10-18-9-5-6-11-22(18)23/h4-6,8-11,16,19,24H,1,7,12-15,17H2,2-3H3/b20-16+,21-8+. The van der Waals surface area contributed by atoms with Crippen molar-refractivity contribution in [2.45, 2.75) is 55.8 Å². The van der Waals surface area contributed by atoms with Gasteiger partial charge in [0.1, 0.15) is 0 Å². The van der Waals surface area contributed by atoms with Gasteiger partial charge in [-0.05, 0) is 107 Å². The van der Waals surface area contributed by atoms with E-state index in [1.807, 2.05) is 6.08 Å². The summed E-state index contributed by atoms with van der Waals surface area (Å²) in [6.45, 7) is 8.85. The number of hydrogen-bond acceptors (Lipinski definition) is 0. The molecule has 0 nitrogen and oxygen atoms in total. The largest absolute Gasteiger partial charge is 0.0990 e. The fourth-order valence-corrected chi connectivity index (χ4v) is 7.85. The van der Waals surface area contributed by atoms with E-state index in [1.165, 1.54) is 52.5 Å². The average molecular weight is 596 g/mol. The minimum atomic E-state index is 0.286. The lowest BCUT2D eigenvalue weighted by atomic mass is 9.65. The number of halogens is 2. The zero-order valence-corrected chi connectivity index (χ0v) is 21.3. The summed E-state index contributed by atoms with van der Waals surface area (Å²) in [5, 5.41) is 2.98. The molecular formula is C26H30I2. The molecule has 1 aromatic carbocycles. The first-order valence-corrected chi connectivity index (χ1v) is 12.7. The molecule has 0 aliphatic heterocycles. The van der Waals surface area contributed by atoms with Crippen molar-refractivity contribution in [2.24, 2.45) is 17.3 Å². The van der Waals surface area contributed by atoms with Crippen LogP contribution in [0.4, 0.5) is 0 Å². The Morgan fingerprint density at radius 3 is 2.82 bits per heavy atom. The molecular weight excluding hydrogens is 566 g/mol. The zero-order chi connectivity index (χ0) is 19.9. The van der Waals surface area contributed by atoms with E-state index in [1.54, 1.807) is 11.1 Å². The van der Waals surface area contributed by atoms with Gasteiger partial charge in [0.15, 0.2) is 0 Å². The fraction of sp³-hybridized carbons (Fsp3) is 0.462. The summed E-state index contributed by atoms with van der Waals surface area (Å²) < 4.78 is 1.63. The summed E-state index contributed by atoms with van der Waals surface area (Å²) >= 11 is 5.30. The molecule has 0 saturated heterocycles. The van der Waals surface area contributed by atoms with E-state index in [4.69, 9.17) is 0 Å². The Morgan fingerprint density at radius 2 is 2.04 bits per heavy atom. The molecule has 2 saturated carbocycles. The first-order chi connectivity index (χ1) is 13.3. The molecule has 2 fully saturated rings. The van der Waals surface area contributed by atoms with Crippen molar-refractivity contribution in [3.63, 3.8) is 0 Å². The normalized spacial score (nSPS) is 33.2. The number of rotatable bonds is 3. The molecule has 4 rings (SSSR count). The fourth-order valence-electron chi connectivity index (χ4n) is 5.87. The number of benzene rings is 1. The van der Waals surface area contributed by atoms with Crippen LogP contribution in [0.15, 0.2) is 58.2 Å². The first-order valence-electron chi connectivity index (χ1n) is 10.5. The van der Waals surface area contributed by atoms with Gasteiger partial charge in [0.05, 0.1) is 0 Å². The lowest BCUT2D eigenvalue weighted by Crippen LogP contribution is -2.43. The van der Waals surface area contributed by atoms with Crippen LogP contribution in [-0.2, 0) is 0 Å². The summed E-state index contributed by atoms with van der Waals surface area (Å²) in [5.41, 5.74) is 3.65. The van der Waals surface area contributed by atoms with Crippen LogP contribution in [0.1, 0.15) is 52.4 Å². The molecule has 0 amide bonds. The molecule has 3 aliphatic carbocycles. The van der Waals surface area contributed by atoms with Crippen molar-refractivity contribution in [3.05, 3.63) is 68.7 Å². The quantitative estimate of drug-likeness (QED) is 0.203. The lowest BCUT2D eigenvalue weighted by molar-refractivity contribution is 0.170. The van der Waals surface area contributed by atoms with Crippen LogP contribution < -0.4 is 10.4 Å². The van der Waals surface area contributed by atoms with Gasteiger partial charge in [-0.25, -0.2) is 0 Å². The molecule has 0 N–H and O–H groups in total. The van der Waals surface area contributed by atoms with E-state index >= 15 is 0 Å². The Morgan fingerprint density at radius 1 is 1.25 bits per heavy atom. The molecule has 0 aromatic heterocycles. The second-order valence-electron chi connectivity index (χ2n) is 9.27. The van der Waals surface area contributed by atoms with E-state index < -0.39 is 0 Å². The summed E-state index contributed by atoms with van der Waals surface area (Å²) in [6, 6.07) is 9.07. The Bertz CT molecular complexity index is 962. The Labute approximate surface area is 197 Å². The number of allylic oxidation sites excluding steroid dienone is 5. The predicted octanol–water partition coefficient (Wildman–Crippen LogP) is 6.86. The van der Waals surface area contributed by atoms with E-state index in [0.29, 0.717) is 3.42 Å². The van der Waals surface area contributed by atoms with Crippen molar-refractivity contribution in [2.75, 3.05) is 0 Å². The molecule has 3 atom stereocenters. The summed E-state index contributed by atoms with van der Waals surface area (Å²) in [7, 11) is 0. The number of alkyl halides is 1. The highest BCUT2D eigenvalue weighted by molar-refractivity contribution is 14.1. The maximum absolute atomic E-state index is 3.86. The van der Waals surface area contributed by atoms with E-state index in [2.05, 4.69) is 108 Å². The Balaban J connectivity index is 1.71. The van der Waals surface area contributed by atoms with E-state index in [9.17, 15) is 0 Å². The Hall–Kier alpha value is -0.360. The first kappa shape index (κ1) is 20.9. The van der Waals surface area contributed by atoms with Crippen LogP contribution in [0.25, 0.3) is 11.6 Å². The minimum Gasteiger partial charge on any atom is -0.0990 e. The maximum Gasteiger partial charge on any atom is 0.0442 e. The summed E-state index contributed by atoms with van der Waals surface area (Å²) in [5.74, 6) is 1.63. The number of fused-ring (bicyclic) bond motifs is 2. The molecule has 3 unspecified atom stereocenters. The van der Waals surface area contributed by atoms with Crippen LogP contribution in [0.2, 0.25) is 0 Å². The summed E-state index contributed by atoms with van der Waals surface area (Å²) in [6.07, 6.45) is 16.6. The molecule has 0 radical (unpaired) electrons. The summed E-state index contributed by atoms with van der Waals surface area (Å²) in [4.78, 5) is 0. The SMILES string of the molecule is C=C/C=C(I)\C=C1/CC2CCC(I)(C3=c4ccccc4=CCC3)CC2C1(C)C.